The molecule has 0 bridgehead atoms. The van der Waals surface area contributed by atoms with E-state index in [0.29, 0.717) is 0 Å². The van der Waals surface area contributed by atoms with Crippen molar-refractivity contribution < 1.29 is 0 Å². The molecule has 1 nitrogen and oxygen atoms in total. The van der Waals surface area contributed by atoms with Crippen LogP contribution in [0, 0.1) is 0 Å². The minimum absolute atomic E-state index is 0.0741. The van der Waals surface area contributed by atoms with E-state index in [9.17, 15) is 0 Å². The third-order valence-electron chi connectivity index (χ3n) is 2.12. The van der Waals surface area contributed by atoms with E-state index in [1.165, 1.54) is 0 Å². The van der Waals surface area contributed by atoms with Crippen LogP contribution in [-0.2, 0) is 0 Å². The van der Waals surface area contributed by atoms with Crippen LogP contribution in [0.2, 0.25) is 0 Å². The predicted molar refractivity (Wildman–Crippen MR) is 42.6 cm³/mol. The summed E-state index contributed by atoms with van der Waals surface area (Å²) in [6.07, 6.45) is 4.45. The van der Waals surface area contributed by atoms with Crippen LogP contribution in [0.4, 0.5) is 0 Å². The number of nitrogens with two attached hydrogens (primary N) is 1. The molecule has 3 rings (SSSR count). The van der Waals surface area contributed by atoms with Gasteiger partial charge in [-0.1, -0.05) is 12.2 Å². The molecule has 0 aromatic carbocycles. The van der Waals surface area contributed by atoms with E-state index in [2.05, 4.69) is 23.9 Å². The Balaban J connectivity index is 2.04. The molecule has 2 heterocycles. The van der Waals surface area contributed by atoms with Gasteiger partial charge in [0.05, 0.1) is 10.1 Å². The van der Waals surface area contributed by atoms with Gasteiger partial charge < -0.3 is 5.73 Å². The standard InChI is InChI=1S/C6H7NS2/c7-6-2-1-3-4(8-3)5(6)9-6/h1-5H,7H2. The molecular weight excluding hydrogens is 150 g/mol. The van der Waals surface area contributed by atoms with Crippen molar-refractivity contribution in [3.05, 3.63) is 12.2 Å². The SMILES string of the molecule is NC12C=CC3SC3C1S2. The molecule has 2 aliphatic heterocycles. The second-order valence-electron chi connectivity index (χ2n) is 2.82. The first-order valence-electron chi connectivity index (χ1n) is 3.11. The Bertz CT molecular complexity index is 203. The Labute approximate surface area is 62.4 Å². The Morgan fingerprint density at radius 1 is 1.56 bits per heavy atom. The highest BCUT2D eigenvalue weighted by atomic mass is 32.2. The minimum atomic E-state index is 0.0741. The summed E-state index contributed by atoms with van der Waals surface area (Å²) in [5.74, 6) is 0. The van der Waals surface area contributed by atoms with Crippen LogP contribution in [0.25, 0.3) is 0 Å². The normalized spacial score (nSPS) is 66.6. The summed E-state index contributed by atoms with van der Waals surface area (Å²) in [5, 5.41) is 2.48. The van der Waals surface area contributed by atoms with Crippen molar-refractivity contribution in [2.45, 2.75) is 20.6 Å². The Kier molecular flexibility index (Phi) is 0.693. The molecule has 1 aliphatic carbocycles. The van der Waals surface area contributed by atoms with Crippen molar-refractivity contribution in [2.75, 3.05) is 0 Å². The molecule has 4 atom stereocenters. The maximum absolute atomic E-state index is 5.93. The fraction of sp³-hybridized carbons (Fsp3) is 0.667. The van der Waals surface area contributed by atoms with Crippen molar-refractivity contribution >= 4 is 23.5 Å². The summed E-state index contributed by atoms with van der Waals surface area (Å²) in [6, 6.07) is 0. The lowest BCUT2D eigenvalue weighted by molar-refractivity contribution is 0.762. The topological polar surface area (TPSA) is 26.0 Å². The van der Waals surface area contributed by atoms with Crippen LogP contribution in [0.1, 0.15) is 0 Å². The van der Waals surface area contributed by atoms with Gasteiger partial charge in [-0.15, -0.1) is 23.5 Å². The number of hydrogen-bond acceptors (Lipinski definition) is 3. The molecule has 0 saturated carbocycles. The monoisotopic (exact) mass is 157 g/mol. The molecule has 48 valence electrons. The van der Waals surface area contributed by atoms with Gasteiger partial charge in [-0.3, -0.25) is 0 Å². The lowest BCUT2D eigenvalue weighted by atomic mass is 10.0. The highest BCUT2D eigenvalue weighted by molar-refractivity contribution is 8.13. The molecule has 3 aliphatic rings. The molecule has 0 aromatic heterocycles. The average Bonchev–Trinajstić information content (AvgIpc) is 2.52. The molecule has 3 heteroatoms. The largest absolute Gasteiger partial charge is 0.313 e. The van der Waals surface area contributed by atoms with Gasteiger partial charge in [-0.2, -0.15) is 0 Å². The summed E-state index contributed by atoms with van der Waals surface area (Å²) in [6.45, 7) is 0. The minimum Gasteiger partial charge on any atom is -0.313 e. The van der Waals surface area contributed by atoms with Crippen molar-refractivity contribution in [3.8, 4) is 0 Å². The molecule has 2 N–H and O–H groups in total. The van der Waals surface area contributed by atoms with E-state index in [1.807, 2.05) is 11.8 Å². The highest BCUT2D eigenvalue weighted by Crippen LogP contribution is 2.66. The van der Waals surface area contributed by atoms with Crippen LogP contribution in [-0.4, -0.2) is 20.6 Å². The maximum Gasteiger partial charge on any atom is 0.0943 e. The number of rotatable bonds is 0. The van der Waals surface area contributed by atoms with Crippen molar-refractivity contribution in [2.24, 2.45) is 5.73 Å². The molecule has 2 saturated heterocycles. The van der Waals surface area contributed by atoms with Crippen LogP contribution < -0.4 is 5.73 Å². The van der Waals surface area contributed by atoms with E-state index in [1.54, 1.807) is 0 Å². The van der Waals surface area contributed by atoms with Crippen LogP contribution in [0.3, 0.4) is 0 Å². The quantitative estimate of drug-likeness (QED) is 0.416. The van der Waals surface area contributed by atoms with Crippen molar-refractivity contribution in [3.63, 3.8) is 0 Å². The van der Waals surface area contributed by atoms with Gasteiger partial charge in [-0.05, 0) is 0 Å². The molecule has 9 heavy (non-hydrogen) atoms. The molecular formula is C6H7NS2. The van der Waals surface area contributed by atoms with Gasteiger partial charge in [0, 0.05) is 10.5 Å². The lowest BCUT2D eigenvalue weighted by Crippen LogP contribution is -2.28. The second kappa shape index (κ2) is 1.22. The molecule has 0 spiro atoms. The van der Waals surface area contributed by atoms with Gasteiger partial charge in [0.25, 0.3) is 0 Å². The van der Waals surface area contributed by atoms with Gasteiger partial charge >= 0.3 is 0 Å². The second-order valence-corrected chi connectivity index (χ2v) is 5.63. The zero-order chi connectivity index (χ0) is 6.06. The molecule has 4 unspecified atom stereocenters. The van der Waals surface area contributed by atoms with Crippen molar-refractivity contribution in [1.82, 2.24) is 0 Å². The van der Waals surface area contributed by atoms with Gasteiger partial charge in [0.2, 0.25) is 0 Å². The fourth-order valence-electron chi connectivity index (χ4n) is 1.42. The lowest BCUT2D eigenvalue weighted by Gasteiger charge is -2.03. The van der Waals surface area contributed by atoms with Gasteiger partial charge in [0.15, 0.2) is 0 Å². The zero-order valence-corrected chi connectivity index (χ0v) is 6.41. The van der Waals surface area contributed by atoms with Crippen LogP contribution >= 0.6 is 23.5 Å². The number of thioether (sulfide) groups is 2. The van der Waals surface area contributed by atoms with Gasteiger partial charge in [-0.25, -0.2) is 0 Å². The Morgan fingerprint density at radius 3 is 3.22 bits per heavy atom. The van der Waals surface area contributed by atoms with Crippen LogP contribution in [0.15, 0.2) is 12.2 Å². The third kappa shape index (κ3) is 0.533. The Hall–Kier alpha value is 0.400. The first-order chi connectivity index (χ1) is 4.30. The first-order valence-corrected chi connectivity index (χ1v) is 4.93. The fourth-order valence-corrected chi connectivity index (χ4v) is 4.08. The van der Waals surface area contributed by atoms with E-state index in [0.717, 1.165) is 15.7 Å². The number of fused-ring (bicyclic) bond motifs is 3. The smallest absolute Gasteiger partial charge is 0.0943 e. The van der Waals surface area contributed by atoms with E-state index in [4.69, 9.17) is 5.73 Å². The van der Waals surface area contributed by atoms with E-state index >= 15 is 0 Å². The Morgan fingerprint density at radius 2 is 2.44 bits per heavy atom. The zero-order valence-electron chi connectivity index (χ0n) is 4.78. The maximum atomic E-state index is 5.93. The average molecular weight is 157 g/mol. The summed E-state index contributed by atoms with van der Waals surface area (Å²) in [5.41, 5.74) is 5.93. The van der Waals surface area contributed by atoms with Crippen LogP contribution in [0.5, 0.6) is 0 Å². The number of hydrogen-bond donors (Lipinski definition) is 1. The molecule has 0 amide bonds. The summed E-state index contributed by atoms with van der Waals surface area (Å²) in [4.78, 5) is 0.0741. The summed E-state index contributed by atoms with van der Waals surface area (Å²) >= 11 is 3.98. The third-order valence-corrected chi connectivity index (χ3v) is 5.11. The summed E-state index contributed by atoms with van der Waals surface area (Å²) in [7, 11) is 0. The molecule has 0 radical (unpaired) electrons. The molecule has 2 fully saturated rings. The first kappa shape index (κ1) is 5.10. The highest BCUT2D eigenvalue weighted by Gasteiger charge is 2.64. The van der Waals surface area contributed by atoms with Gasteiger partial charge in [0.1, 0.15) is 0 Å². The van der Waals surface area contributed by atoms with E-state index < -0.39 is 0 Å². The molecule has 0 aromatic rings. The predicted octanol–water partition coefficient (Wildman–Crippen LogP) is 0.811. The van der Waals surface area contributed by atoms with Crippen molar-refractivity contribution in [1.29, 1.82) is 0 Å². The van der Waals surface area contributed by atoms with E-state index in [-0.39, 0.29) is 4.87 Å². The summed E-state index contributed by atoms with van der Waals surface area (Å²) < 4.78 is 0.